The predicted octanol–water partition coefficient (Wildman–Crippen LogP) is 5.73. The van der Waals surface area contributed by atoms with E-state index < -0.39 is 5.97 Å². The summed E-state index contributed by atoms with van der Waals surface area (Å²) in [7, 11) is 0. The highest BCUT2D eigenvalue weighted by molar-refractivity contribution is 7.16. The van der Waals surface area contributed by atoms with E-state index in [0.717, 1.165) is 21.7 Å². The second-order valence-corrected chi connectivity index (χ2v) is 8.20. The van der Waals surface area contributed by atoms with E-state index in [1.54, 1.807) is 40.4 Å². The lowest BCUT2D eigenvalue weighted by molar-refractivity contribution is 0.0697. The molecular weight excluding hydrogens is 415 g/mol. The summed E-state index contributed by atoms with van der Waals surface area (Å²) in [5, 5.41) is 12.9. The molecule has 0 aliphatic heterocycles. The summed E-state index contributed by atoms with van der Waals surface area (Å²) in [6.45, 7) is 0.320. The van der Waals surface area contributed by atoms with Crippen molar-refractivity contribution in [2.45, 2.75) is 6.61 Å². The summed E-state index contributed by atoms with van der Waals surface area (Å²) in [6, 6.07) is 8.94. The molecule has 132 valence electrons. The van der Waals surface area contributed by atoms with Crippen LogP contribution < -0.4 is 4.74 Å². The largest absolute Gasteiger partial charge is 0.486 e. The zero-order chi connectivity index (χ0) is 18.3. The van der Waals surface area contributed by atoms with Crippen LogP contribution in [0.4, 0.5) is 0 Å². The van der Waals surface area contributed by atoms with Gasteiger partial charge in [0.2, 0.25) is 0 Å². The van der Waals surface area contributed by atoms with Crippen LogP contribution in [0.3, 0.4) is 0 Å². The number of aromatic nitrogens is 2. The smallest absolute Gasteiger partial charge is 0.349 e. The highest BCUT2D eigenvalue weighted by atomic mass is 35.5. The van der Waals surface area contributed by atoms with Crippen molar-refractivity contribution < 1.29 is 14.6 Å². The molecule has 3 aromatic heterocycles. The summed E-state index contributed by atoms with van der Waals surface area (Å²) < 4.78 is 7.51. The van der Waals surface area contributed by atoms with E-state index in [4.69, 9.17) is 27.9 Å². The van der Waals surface area contributed by atoms with Crippen molar-refractivity contribution in [3.05, 3.63) is 61.8 Å². The van der Waals surface area contributed by atoms with Crippen molar-refractivity contribution in [1.29, 1.82) is 0 Å². The first-order valence-corrected chi connectivity index (χ1v) is 9.83. The van der Waals surface area contributed by atoms with Gasteiger partial charge in [-0.15, -0.1) is 22.7 Å². The minimum absolute atomic E-state index is 0.137. The van der Waals surface area contributed by atoms with E-state index in [1.807, 2.05) is 17.5 Å². The fraction of sp³-hybridized carbons (Fsp3) is 0.0588. The first-order chi connectivity index (χ1) is 12.5. The topological polar surface area (TPSA) is 64.3 Å². The quantitative estimate of drug-likeness (QED) is 0.443. The minimum atomic E-state index is -1.03. The van der Waals surface area contributed by atoms with Gasteiger partial charge in [-0.25, -0.2) is 9.78 Å². The third kappa shape index (κ3) is 3.19. The van der Waals surface area contributed by atoms with Crippen molar-refractivity contribution >= 4 is 62.9 Å². The number of ether oxygens (including phenoxy) is 1. The molecule has 4 rings (SSSR count). The number of hydrogen-bond acceptors (Lipinski definition) is 5. The number of hydrogen-bond donors (Lipinski definition) is 1. The molecule has 0 fully saturated rings. The fourth-order valence-electron chi connectivity index (χ4n) is 2.46. The van der Waals surface area contributed by atoms with Crippen LogP contribution in [-0.4, -0.2) is 20.6 Å². The first-order valence-electron chi connectivity index (χ1n) is 7.37. The van der Waals surface area contributed by atoms with Crippen LogP contribution in [0.2, 0.25) is 10.0 Å². The number of carbonyl (C=O) groups is 1. The molecule has 0 aliphatic carbocycles. The van der Waals surface area contributed by atoms with Crippen LogP contribution in [0.1, 0.15) is 14.5 Å². The van der Waals surface area contributed by atoms with E-state index in [0.29, 0.717) is 32.9 Å². The van der Waals surface area contributed by atoms with Crippen LogP contribution >= 0.6 is 45.9 Å². The predicted molar refractivity (Wildman–Crippen MR) is 105 cm³/mol. The zero-order valence-electron chi connectivity index (χ0n) is 13.0. The fourth-order valence-corrected chi connectivity index (χ4v) is 4.32. The van der Waals surface area contributed by atoms with Crippen LogP contribution in [0.15, 0.2) is 42.0 Å². The Labute approximate surface area is 166 Å². The molecule has 9 heteroatoms. The highest BCUT2D eigenvalue weighted by Gasteiger charge is 2.19. The molecule has 0 unspecified atom stereocenters. The van der Waals surface area contributed by atoms with Crippen molar-refractivity contribution in [3.8, 4) is 10.8 Å². The number of thiophene rings is 2. The van der Waals surface area contributed by atoms with Gasteiger partial charge in [0.05, 0.1) is 21.1 Å². The summed E-state index contributed by atoms with van der Waals surface area (Å²) in [4.78, 5) is 17.1. The number of aromatic carboxylic acids is 1. The van der Waals surface area contributed by atoms with Gasteiger partial charge in [0, 0.05) is 10.9 Å². The van der Waals surface area contributed by atoms with Gasteiger partial charge in [-0.1, -0.05) is 29.3 Å². The number of nitrogens with zero attached hydrogens (tertiary/aromatic N) is 2. The number of halogens is 2. The van der Waals surface area contributed by atoms with E-state index in [2.05, 4.69) is 4.98 Å². The Balaban J connectivity index is 1.74. The van der Waals surface area contributed by atoms with Crippen molar-refractivity contribution in [2.24, 2.45) is 0 Å². The van der Waals surface area contributed by atoms with E-state index >= 15 is 0 Å². The molecule has 1 aromatic carbocycles. The van der Waals surface area contributed by atoms with Gasteiger partial charge in [0.15, 0.2) is 4.88 Å². The van der Waals surface area contributed by atoms with Crippen molar-refractivity contribution in [1.82, 2.24) is 9.55 Å². The third-order valence-electron chi connectivity index (χ3n) is 3.66. The Morgan fingerprint density at radius 3 is 2.81 bits per heavy atom. The lowest BCUT2D eigenvalue weighted by atomic mass is 10.3. The number of carboxylic acid groups (broad SMARTS) is 1. The molecule has 3 heterocycles. The normalized spacial score (nSPS) is 11.2. The molecule has 0 spiro atoms. The van der Waals surface area contributed by atoms with Crippen LogP contribution in [-0.2, 0) is 6.61 Å². The summed E-state index contributed by atoms with van der Waals surface area (Å²) in [6.07, 6.45) is 1.61. The van der Waals surface area contributed by atoms with Gasteiger partial charge in [-0.3, -0.25) is 4.57 Å². The molecule has 0 amide bonds. The summed E-state index contributed by atoms with van der Waals surface area (Å²) >= 11 is 14.8. The van der Waals surface area contributed by atoms with Crippen LogP contribution in [0.5, 0.6) is 5.75 Å². The summed E-state index contributed by atoms with van der Waals surface area (Å²) in [5.74, 6) is -0.708. The molecule has 0 saturated carbocycles. The number of benzene rings is 1. The zero-order valence-corrected chi connectivity index (χ0v) is 16.1. The van der Waals surface area contributed by atoms with E-state index in [9.17, 15) is 9.90 Å². The molecule has 1 N–H and O–H groups in total. The molecule has 0 bridgehead atoms. The Morgan fingerprint density at radius 1 is 1.27 bits per heavy atom. The number of imidazole rings is 1. The Hall–Kier alpha value is -2.06. The van der Waals surface area contributed by atoms with Gasteiger partial charge in [-0.05, 0) is 23.6 Å². The van der Waals surface area contributed by atoms with Gasteiger partial charge in [0.1, 0.15) is 23.7 Å². The molecule has 26 heavy (non-hydrogen) atoms. The maximum Gasteiger partial charge on any atom is 0.349 e. The molecule has 4 aromatic rings. The van der Waals surface area contributed by atoms with Gasteiger partial charge in [-0.2, -0.15) is 0 Å². The second-order valence-electron chi connectivity index (χ2n) is 5.32. The van der Waals surface area contributed by atoms with Crippen LogP contribution in [0.25, 0.3) is 16.0 Å². The van der Waals surface area contributed by atoms with Crippen LogP contribution in [0, 0.1) is 0 Å². The standard InChI is InChI=1S/C17H10Cl2N2O3S2/c18-10-4-12-13(5-11(10)19)21(8-20-12)15-6-14(16(26-15)17(22)23)24-7-9-2-1-3-25-9/h1-6,8H,7H2,(H,22,23). The SMILES string of the molecule is O=C(O)c1sc(-n2cnc3cc(Cl)c(Cl)cc32)cc1OCc1cccs1. The first kappa shape index (κ1) is 17.4. The second kappa shape index (κ2) is 6.92. The highest BCUT2D eigenvalue weighted by Crippen LogP contribution is 2.36. The average molecular weight is 425 g/mol. The number of carboxylic acids is 1. The molecule has 0 aliphatic rings. The maximum atomic E-state index is 11.6. The van der Waals surface area contributed by atoms with Crippen molar-refractivity contribution in [3.63, 3.8) is 0 Å². The Morgan fingerprint density at radius 2 is 2.08 bits per heavy atom. The van der Waals surface area contributed by atoms with Gasteiger partial charge >= 0.3 is 5.97 Å². The van der Waals surface area contributed by atoms with E-state index in [1.165, 1.54) is 0 Å². The molecule has 0 saturated heterocycles. The minimum Gasteiger partial charge on any atom is -0.486 e. The van der Waals surface area contributed by atoms with Crippen molar-refractivity contribution in [2.75, 3.05) is 0 Å². The molecule has 0 radical (unpaired) electrons. The number of fused-ring (bicyclic) bond motifs is 1. The Kier molecular flexibility index (Phi) is 4.62. The molecule has 0 atom stereocenters. The Bertz CT molecular complexity index is 1100. The summed E-state index contributed by atoms with van der Waals surface area (Å²) in [5.41, 5.74) is 1.41. The lowest BCUT2D eigenvalue weighted by Crippen LogP contribution is -1.98. The average Bonchev–Trinajstić information content (AvgIpc) is 3.32. The lowest BCUT2D eigenvalue weighted by Gasteiger charge is -2.03. The molecular formula is C17H10Cl2N2O3S2. The monoisotopic (exact) mass is 424 g/mol. The molecule has 5 nitrogen and oxygen atoms in total. The van der Waals surface area contributed by atoms with E-state index in [-0.39, 0.29) is 4.88 Å². The van der Waals surface area contributed by atoms with Gasteiger partial charge in [0.25, 0.3) is 0 Å². The van der Waals surface area contributed by atoms with Gasteiger partial charge < -0.3 is 9.84 Å². The number of rotatable bonds is 5. The third-order valence-corrected chi connectivity index (χ3v) is 6.33. The maximum absolute atomic E-state index is 11.6.